The number of carboxylic acid groups (broad SMARTS) is 1. The summed E-state index contributed by atoms with van der Waals surface area (Å²) in [6.45, 7) is 7.03. The Hall–Kier alpha value is -2.09. The summed E-state index contributed by atoms with van der Waals surface area (Å²) < 4.78 is 25.6. The first-order chi connectivity index (χ1) is 16.8. The maximum Gasteiger partial charge on any atom is 0.304 e. The third-order valence-corrected chi connectivity index (χ3v) is 9.34. The van der Waals surface area contributed by atoms with Crippen molar-refractivity contribution in [2.24, 2.45) is 11.3 Å². The van der Waals surface area contributed by atoms with Crippen LogP contribution < -0.4 is 0 Å². The van der Waals surface area contributed by atoms with Crippen molar-refractivity contribution >= 4 is 44.9 Å². The van der Waals surface area contributed by atoms with Crippen molar-refractivity contribution in [2.45, 2.75) is 58.5 Å². The highest BCUT2D eigenvalue weighted by atomic mass is 35.5. The third kappa shape index (κ3) is 6.24. The summed E-state index contributed by atoms with van der Waals surface area (Å²) in [6.07, 6.45) is -0.0916. The molecule has 4 atom stereocenters. The molecule has 36 heavy (non-hydrogen) atoms. The molecule has 196 valence electrons. The fourth-order valence-corrected chi connectivity index (χ4v) is 6.84. The number of halogens is 2. The van der Waals surface area contributed by atoms with E-state index in [4.69, 9.17) is 23.2 Å². The van der Waals surface area contributed by atoms with Gasteiger partial charge in [0, 0.05) is 27.8 Å². The van der Waals surface area contributed by atoms with E-state index in [-0.39, 0.29) is 42.1 Å². The molecule has 2 aromatic carbocycles. The highest BCUT2D eigenvalue weighted by Gasteiger charge is 2.53. The fourth-order valence-electron chi connectivity index (χ4n) is 5.22. The van der Waals surface area contributed by atoms with Crippen LogP contribution in [-0.2, 0) is 19.4 Å². The van der Waals surface area contributed by atoms with Crippen LogP contribution in [0.3, 0.4) is 0 Å². The minimum Gasteiger partial charge on any atom is -0.481 e. The number of nitrogens with zero attached hydrogens (tertiary/aromatic N) is 1. The number of likely N-dealkylation sites (tertiary alicyclic amines) is 1. The summed E-state index contributed by atoms with van der Waals surface area (Å²) in [5, 5.41) is 10.8. The average molecular weight is 555 g/mol. The molecule has 3 rings (SSSR count). The lowest BCUT2D eigenvalue weighted by Gasteiger charge is -2.52. The molecule has 9 heteroatoms. The van der Waals surface area contributed by atoms with Gasteiger partial charge in [-0.15, -0.1) is 0 Å². The number of piperidine rings is 1. The van der Waals surface area contributed by atoms with Gasteiger partial charge in [0.15, 0.2) is 9.84 Å². The standard InChI is InChI=1S/C27H33Cl2NO5S/c1-5-36(34,35)16-23(17(2)3)30-25(18-9-11-20(28)12-10-18)22(19-7-6-8-21(29)13-19)14-27(4,26(30)33)15-24(31)32/h6-13,17,22-23,25H,5,14-16H2,1-4H3,(H,31,32)/t22-,23?,25-,27-/m1/s1. The predicted octanol–water partition coefficient (Wildman–Crippen LogP) is 5.99. The van der Waals surface area contributed by atoms with Crippen molar-refractivity contribution in [3.8, 4) is 0 Å². The zero-order valence-electron chi connectivity index (χ0n) is 20.9. The van der Waals surface area contributed by atoms with Crippen LogP contribution in [0.4, 0.5) is 0 Å². The zero-order valence-corrected chi connectivity index (χ0v) is 23.3. The van der Waals surface area contributed by atoms with Gasteiger partial charge >= 0.3 is 5.97 Å². The summed E-state index contributed by atoms with van der Waals surface area (Å²) in [4.78, 5) is 27.8. The number of hydrogen-bond acceptors (Lipinski definition) is 4. The molecule has 1 aliphatic rings. The number of carbonyl (C=O) groups is 2. The Morgan fingerprint density at radius 1 is 1.11 bits per heavy atom. The lowest BCUT2D eigenvalue weighted by atomic mass is 9.66. The number of benzene rings is 2. The second-order valence-electron chi connectivity index (χ2n) is 10.2. The predicted molar refractivity (Wildman–Crippen MR) is 143 cm³/mol. The maximum atomic E-state index is 14.2. The van der Waals surface area contributed by atoms with Crippen LogP contribution in [0.1, 0.15) is 63.6 Å². The maximum absolute atomic E-state index is 14.2. The number of rotatable bonds is 9. The topological polar surface area (TPSA) is 91.8 Å². The lowest BCUT2D eigenvalue weighted by Crippen LogP contribution is -2.58. The van der Waals surface area contributed by atoms with Crippen LogP contribution in [0.15, 0.2) is 48.5 Å². The summed E-state index contributed by atoms with van der Waals surface area (Å²) in [5.41, 5.74) is 0.428. The first-order valence-corrected chi connectivity index (χ1v) is 14.6. The van der Waals surface area contributed by atoms with Crippen molar-refractivity contribution in [3.63, 3.8) is 0 Å². The Morgan fingerprint density at radius 2 is 1.75 bits per heavy atom. The molecular weight excluding hydrogens is 521 g/mol. The molecule has 6 nitrogen and oxygen atoms in total. The van der Waals surface area contributed by atoms with Crippen molar-refractivity contribution in [2.75, 3.05) is 11.5 Å². The second-order valence-corrected chi connectivity index (χ2v) is 13.5. The van der Waals surface area contributed by atoms with E-state index in [1.165, 1.54) is 0 Å². The van der Waals surface area contributed by atoms with Gasteiger partial charge in [0.25, 0.3) is 0 Å². The van der Waals surface area contributed by atoms with Crippen molar-refractivity contribution in [3.05, 3.63) is 69.7 Å². The summed E-state index contributed by atoms with van der Waals surface area (Å²) in [7, 11) is -3.45. The number of carboxylic acids is 1. The van der Waals surface area contributed by atoms with E-state index in [2.05, 4.69) is 0 Å². The summed E-state index contributed by atoms with van der Waals surface area (Å²) in [6, 6.07) is 13.3. The summed E-state index contributed by atoms with van der Waals surface area (Å²) in [5.74, 6) is -2.21. The van der Waals surface area contributed by atoms with Gasteiger partial charge in [0.2, 0.25) is 5.91 Å². The monoisotopic (exact) mass is 553 g/mol. The molecule has 0 aliphatic carbocycles. The van der Waals surface area contributed by atoms with E-state index in [1.807, 2.05) is 44.2 Å². The van der Waals surface area contributed by atoms with Gasteiger partial charge in [-0.2, -0.15) is 0 Å². The molecule has 1 heterocycles. The molecule has 1 fully saturated rings. The Kier molecular flexibility index (Phi) is 8.79. The average Bonchev–Trinajstić information content (AvgIpc) is 2.79. The molecule has 0 bridgehead atoms. The molecule has 1 aliphatic heterocycles. The van der Waals surface area contributed by atoms with Gasteiger partial charge in [0.05, 0.1) is 23.6 Å². The number of aliphatic carboxylic acids is 1. The Labute approximate surface area is 223 Å². The lowest BCUT2D eigenvalue weighted by molar-refractivity contribution is -0.161. The van der Waals surface area contributed by atoms with E-state index in [0.717, 1.165) is 11.1 Å². The molecule has 1 N–H and O–H groups in total. The summed E-state index contributed by atoms with van der Waals surface area (Å²) >= 11 is 12.5. The molecule has 0 radical (unpaired) electrons. The number of sulfone groups is 1. The molecule has 1 amide bonds. The van der Waals surface area contributed by atoms with Gasteiger partial charge in [-0.05, 0) is 47.7 Å². The van der Waals surface area contributed by atoms with Crippen LogP contribution in [0.5, 0.6) is 0 Å². The molecule has 1 saturated heterocycles. The number of hydrogen-bond donors (Lipinski definition) is 1. The van der Waals surface area contributed by atoms with Crippen molar-refractivity contribution < 1.29 is 23.1 Å². The van der Waals surface area contributed by atoms with Gasteiger partial charge in [0.1, 0.15) is 0 Å². The van der Waals surface area contributed by atoms with Gasteiger partial charge in [-0.25, -0.2) is 8.42 Å². The van der Waals surface area contributed by atoms with E-state index in [1.54, 1.807) is 36.9 Å². The van der Waals surface area contributed by atoms with E-state index < -0.39 is 33.3 Å². The Morgan fingerprint density at radius 3 is 2.28 bits per heavy atom. The minimum absolute atomic E-state index is 0.0476. The quantitative estimate of drug-likeness (QED) is 0.411. The molecule has 1 unspecified atom stereocenters. The van der Waals surface area contributed by atoms with Crippen LogP contribution in [0.2, 0.25) is 10.0 Å². The number of amides is 1. The van der Waals surface area contributed by atoms with Crippen LogP contribution in [-0.4, -0.2) is 47.8 Å². The second kappa shape index (κ2) is 11.1. The minimum atomic E-state index is -3.45. The molecule has 0 spiro atoms. The van der Waals surface area contributed by atoms with E-state index in [9.17, 15) is 23.1 Å². The van der Waals surface area contributed by atoms with Crippen LogP contribution in [0, 0.1) is 11.3 Å². The van der Waals surface area contributed by atoms with Crippen molar-refractivity contribution in [1.82, 2.24) is 4.90 Å². The van der Waals surface area contributed by atoms with Crippen molar-refractivity contribution in [1.29, 1.82) is 0 Å². The molecule has 2 aromatic rings. The molecule has 0 saturated carbocycles. The van der Waals surface area contributed by atoms with Gasteiger partial charge in [-0.3, -0.25) is 9.59 Å². The zero-order chi connectivity index (χ0) is 26.8. The normalized spacial score (nSPS) is 23.6. The fraction of sp³-hybridized carbons (Fsp3) is 0.481. The smallest absolute Gasteiger partial charge is 0.304 e. The van der Waals surface area contributed by atoms with Crippen LogP contribution >= 0.6 is 23.2 Å². The molecule has 0 aromatic heterocycles. The Bertz CT molecular complexity index is 1210. The van der Waals surface area contributed by atoms with E-state index in [0.29, 0.717) is 10.0 Å². The first-order valence-electron chi connectivity index (χ1n) is 12.0. The van der Waals surface area contributed by atoms with Crippen LogP contribution in [0.25, 0.3) is 0 Å². The first kappa shape index (κ1) is 28.5. The van der Waals surface area contributed by atoms with Gasteiger partial charge in [-0.1, -0.05) is 75.2 Å². The highest BCUT2D eigenvalue weighted by Crippen LogP contribution is 2.52. The SMILES string of the molecule is CCS(=O)(=O)CC(C(C)C)N1C(=O)[C@@](C)(CC(=O)O)C[C@H](c2cccc(Cl)c2)[C@H]1c1ccc(Cl)cc1. The molecular formula is C27H33Cl2NO5S. The highest BCUT2D eigenvalue weighted by molar-refractivity contribution is 7.91. The largest absolute Gasteiger partial charge is 0.481 e. The Balaban J connectivity index is 2.30. The number of carbonyl (C=O) groups excluding carboxylic acids is 1. The van der Waals surface area contributed by atoms with Gasteiger partial charge < -0.3 is 10.0 Å². The van der Waals surface area contributed by atoms with E-state index >= 15 is 0 Å². The third-order valence-electron chi connectivity index (χ3n) is 7.12.